The normalized spacial score (nSPS) is 23.9. The monoisotopic (exact) mass is 357 g/mol. The van der Waals surface area contributed by atoms with Gasteiger partial charge in [0.05, 0.1) is 25.1 Å². The van der Waals surface area contributed by atoms with Crippen LogP contribution in [0.1, 0.15) is 26.2 Å². The number of nitrogens with zero attached hydrogens (tertiary/aromatic N) is 2. The van der Waals surface area contributed by atoms with Gasteiger partial charge in [0.15, 0.2) is 11.7 Å². The topological polar surface area (TPSA) is 160 Å². The van der Waals surface area contributed by atoms with Crippen molar-refractivity contribution < 1.29 is 24.3 Å². The lowest BCUT2D eigenvalue weighted by Crippen LogP contribution is -2.48. The van der Waals surface area contributed by atoms with Gasteiger partial charge in [-0.15, -0.1) is 0 Å². The molecule has 6 N–H and O–H groups in total. The van der Waals surface area contributed by atoms with Crippen molar-refractivity contribution in [3.63, 3.8) is 0 Å². The molecule has 0 heterocycles. The second kappa shape index (κ2) is 9.33. The molecule has 1 aliphatic carbocycles. The number of rotatable bonds is 9. The van der Waals surface area contributed by atoms with Crippen LogP contribution in [0.15, 0.2) is 4.99 Å². The van der Waals surface area contributed by atoms with Crippen molar-refractivity contribution in [2.45, 2.75) is 38.3 Å². The Morgan fingerprint density at radius 2 is 2.00 bits per heavy atom. The number of hydrogen-bond donors (Lipinski definition) is 4. The summed E-state index contributed by atoms with van der Waals surface area (Å²) in [6.45, 7) is 1.65. The molecule has 1 amide bonds. The standard InChI is InChI=1S/C15H27N5O5/c1-8(21)18-13(12(22)4-5-20(2)25-3)10-6-9(14(23)24)7-11(10)19-15(16)17/h9-11,13H,4-7H2,1-3H3,(H,18,21)(H,23,24)(H4,16,17,19)/t9?,10-,11-,13?/m0/s1. The van der Waals surface area contributed by atoms with E-state index in [4.69, 9.17) is 16.3 Å². The van der Waals surface area contributed by atoms with Gasteiger partial charge < -0.3 is 26.7 Å². The summed E-state index contributed by atoms with van der Waals surface area (Å²) in [5.41, 5.74) is 10.9. The Labute approximate surface area is 146 Å². The van der Waals surface area contributed by atoms with E-state index in [-0.39, 0.29) is 36.9 Å². The van der Waals surface area contributed by atoms with Crippen LogP contribution in [0.25, 0.3) is 0 Å². The van der Waals surface area contributed by atoms with Crippen LogP contribution in [0.5, 0.6) is 0 Å². The molecule has 10 heteroatoms. The molecule has 0 spiro atoms. The van der Waals surface area contributed by atoms with Crippen molar-refractivity contribution in [3.05, 3.63) is 0 Å². The molecule has 0 aromatic rings. The van der Waals surface area contributed by atoms with Crippen LogP contribution in [-0.2, 0) is 19.2 Å². The smallest absolute Gasteiger partial charge is 0.306 e. The Morgan fingerprint density at radius 1 is 1.36 bits per heavy atom. The third-order valence-corrected chi connectivity index (χ3v) is 4.36. The summed E-state index contributed by atoms with van der Waals surface area (Å²) in [6.07, 6.45) is 0.574. The number of guanidine groups is 1. The fraction of sp³-hybridized carbons (Fsp3) is 0.733. The van der Waals surface area contributed by atoms with Gasteiger partial charge in [0.2, 0.25) is 5.91 Å². The van der Waals surface area contributed by atoms with Crippen molar-refractivity contribution in [1.82, 2.24) is 10.4 Å². The minimum Gasteiger partial charge on any atom is -0.481 e. The highest BCUT2D eigenvalue weighted by molar-refractivity contribution is 5.89. The van der Waals surface area contributed by atoms with E-state index in [1.54, 1.807) is 7.05 Å². The number of aliphatic imine (C=N–C) groups is 1. The van der Waals surface area contributed by atoms with Gasteiger partial charge in [0, 0.05) is 32.9 Å². The van der Waals surface area contributed by atoms with E-state index in [1.165, 1.54) is 19.1 Å². The molecular formula is C15H27N5O5. The number of carbonyl (C=O) groups excluding carboxylic acids is 2. The number of aliphatic carboxylic acids is 1. The average Bonchev–Trinajstić information content (AvgIpc) is 2.92. The molecule has 1 aliphatic rings. The fourth-order valence-electron chi connectivity index (χ4n) is 3.11. The summed E-state index contributed by atoms with van der Waals surface area (Å²) < 4.78 is 0. The molecule has 0 bridgehead atoms. The summed E-state index contributed by atoms with van der Waals surface area (Å²) in [7, 11) is 3.16. The number of ketones is 1. The number of amides is 1. The molecular weight excluding hydrogens is 330 g/mol. The van der Waals surface area contributed by atoms with Crippen LogP contribution in [0.2, 0.25) is 0 Å². The Bertz CT molecular complexity index is 534. The van der Waals surface area contributed by atoms with Crippen LogP contribution < -0.4 is 16.8 Å². The van der Waals surface area contributed by atoms with Crippen LogP contribution in [0, 0.1) is 11.8 Å². The van der Waals surface area contributed by atoms with E-state index in [2.05, 4.69) is 10.3 Å². The summed E-state index contributed by atoms with van der Waals surface area (Å²) >= 11 is 0. The molecule has 4 atom stereocenters. The van der Waals surface area contributed by atoms with Crippen molar-refractivity contribution in [3.8, 4) is 0 Å². The zero-order valence-corrected chi connectivity index (χ0v) is 14.8. The van der Waals surface area contributed by atoms with E-state index in [1.807, 2.05) is 0 Å². The summed E-state index contributed by atoms with van der Waals surface area (Å²) in [5.74, 6) is -2.87. The summed E-state index contributed by atoms with van der Waals surface area (Å²) in [4.78, 5) is 44.6. The fourth-order valence-corrected chi connectivity index (χ4v) is 3.11. The highest BCUT2D eigenvalue weighted by Crippen LogP contribution is 2.36. The van der Waals surface area contributed by atoms with Gasteiger partial charge in [-0.25, -0.2) is 4.99 Å². The Hall–Kier alpha value is -2.20. The third kappa shape index (κ3) is 6.31. The van der Waals surface area contributed by atoms with Crippen LogP contribution in [0.4, 0.5) is 0 Å². The van der Waals surface area contributed by atoms with Crippen molar-refractivity contribution in [2.24, 2.45) is 28.3 Å². The largest absolute Gasteiger partial charge is 0.481 e. The first-order valence-electron chi connectivity index (χ1n) is 8.02. The van der Waals surface area contributed by atoms with Crippen molar-refractivity contribution >= 4 is 23.6 Å². The number of hydroxylamine groups is 2. The molecule has 0 aromatic carbocycles. The van der Waals surface area contributed by atoms with Gasteiger partial charge in [-0.05, 0) is 12.8 Å². The van der Waals surface area contributed by atoms with Gasteiger partial charge in [0.1, 0.15) is 0 Å². The SMILES string of the molecule is CON(C)CCC(=O)C(NC(C)=O)[C@H]1CC(C(=O)O)C[C@@H]1N=C(N)N. The van der Waals surface area contributed by atoms with Gasteiger partial charge >= 0.3 is 5.97 Å². The Kier molecular flexibility index (Phi) is 7.78. The van der Waals surface area contributed by atoms with Crippen LogP contribution in [-0.4, -0.2) is 66.6 Å². The van der Waals surface area contributed by atoms with Crippen LogP contribution >= 0.6 is 0 Å². The molecule has 1 saturated carbocycles. The second-order valence-corrected chi connectivity index (χ2v) is 6.22. The van der Waals surface area contributed by atoms with Gasteiger partial charge in [0.25, 0.3) is 0 Å². The predicted octanol–water partition coefficient (Wildman–Crippen LogP) is -1.30. The Balaban J connectivity index is 3.00. The van der Waals surface area contributed by atoms with E-state index >= 15 is 0 Å². The quantitative estimate of drug-likeness (QED) is 0.225. The summed E-state index contributed by atoms with van der Waals surface area (Å²) in [6, 6.07) is -1.38. The molecule has 1 rings (SSSR count). The minimum atomic E-state index is -0.966. The molecule has 142 valence electrons. The molecule has 0 aromatic heterocycles. The van der Waals surface area contributed by atoms with Crippen molar-refractivity contribution in [1.29, 1.82) is 0 Å². The average molecular weight is 357 g/mol. The maximum atomic E-state index is 12.6. The molecule has 0 saturated heterocycles. The van der Waals surface area contributed by atoms with Gasteiger partial charge in [-0.2, -0.15) is 5.06 Å². The van der Waals surface area contributed by atoms with E-state index in [0.717, 1.165) is 0 Å². The zero-order chi connectivity index (χ0) is 19.1. The lowest BCUT2D eigenvalue weighted by atomic mass is 9.89. The zero-order valence-electron chi connectivity index (χ0n) is 14.8. The number of carboxylic acids is 1. The molecule has 25 heavy (non-hydrogen) atoms. The van der Waals surface area contributed by atoms with Crippen LogP contribution in [0.3, 0.4) is 0 Å². The second-order valence-electron chi connectivity index (χ2n) is 6.22. The lowest BCUT2D eigenvalue weighted by Gasteiger charge is -2.27. The number of nitrogens with two attached hydrogens (primary N) is 2. The van der Waals surface area contributed by atoms with Gasteiger partial charge in [-0.3, -0.25) is 14.4 Å². The maximum absolute atomic E-state index is 12.6. The first-order valence-corrected chi connectivity index (χ1v) is 8.02. The number of carboxylic acid groups (broad SMARTS) is 1. The van der Waals surface area contributed by atoms with Gasteiger partial charge in [-0.1, -0.05) is 0 Å². The van der Waals surface area contributed by atoms with Crippen molar-refractivity contribution in [2.75, 3.05) is 20.7 Å². The third-order valence-electron chi connectivity index (χ3n) is 4.36. The number of Topliss-reactive ketones (excluding diaryl/α,β-unsaturated/α-hetero) is 1. The predicted molar refractivity (Wildman–Crippen MR) is 90.3 cm³/mol. The molecule has 0 aliphatic heterocycles. The Morgan fingerprint density at radius 3 is 2.48 bits per heavy atom. The van der Waals surface area contributed by atoms with E-state index in [0.29, 0.717) is 6.54 Å². The number of nitrogens with one attached hydrogen (secondary N) is 1. The minimum absolute atomic E-state index is 0.137. The molecule has 1 fully saturated rings. The number of hydrogen-bond acceptors (Lipinski definition) is 6. The first kappa shape index (κ1) is 20.8. The maximum Gasteiger partial charge on any atom is 0.306 e. The first-order chi connectivity index (χ1) is 11.6. The van der Waals surface area contributed by atoms with E-state index in [9.17, 15) is 19.5 Å². The molecule has 0 radical (unpaired) electrons. The van der Waals surface area contributed by atoms with E-state index < -0.39 is 29.9 Å². The summed E-state index contributed by atoms with van der Waals surface area (Å²) in [5, 5.41) is 13.4. The number of carbonyl (C=O) groups is 3. The lowest BCUT2D eigenvalue weighted by molar-refractivity contribution is -0.141. The highest BCUT2D eigenvalue weighted by Gasteiger charge is 2.44. The molecule has 2 unspecified atom stereocenters. The highest BCUT2D eigenvalue weighted by atomic mass is 16.7. The molecule has 10 nitrogen and oxygen atoms in total.